The molecule has 246 valence electrons. The highest BCUT2D eigenvalue weighted by atomic mass is 16.3. The number of nitrogens with zero attached hydrogens (tertiary/aromatic N) is 6. The molecule has 3 aromatic carbocycles. The van der Waals surface area contributed by atoms with E-state index < -0.39 is 17.7 Å². The molecule has 0 radical (unpaired) electrons. The largest absolute Gasteiger partial charge is 0.508 e. The third kappa shape index (κ3) is 5.87. The van der Waals surface area contributed by atoms with Gasteiger partial charge >= 0.3 is 6.03 Å². The number of hydrazine groups is 1. The maximum atomic E-state index is 14.5. The fraction of sp³-hybridized carbons (Fsp3) is 0.237. The molecule has 7 rings (SSSR count). The molecule has 49 heavy (non-hydrogen) atoms. The Morgan fingerprint density at radius 1 is 1.02 bits per heavy atom. The van der Waals surface area contributed by atoms with Crippen LogP contribution in [0.25, 0.3) is 11.3 Å². The molecule has 3 atom stereocenters. The minimum atomic E-state index is -1.12. The molecule has 1 aliphatic carbocycles. The zero-order valence-corrected chi connectivity index (χ0v) is 26.8. The maximum absolute atomic E-state index is 14.5. The van der Waals surface area contributed by atoms with Crippen LogP contribution in [0.2, 0.25) is 0 Å². The van der Waals surface area contributed by atoms with Crippen LogP contribution in [0, 0.1) is 11.3 Å². The molecule has 2 saturated heterocycles. The van der Waals surface area contributed by atoms with Crippen LogP contribution in [0.3, 0.4) is 0 Å². The van der Waals surface area contributed by atoms with Gasteiger partial charge in [0.15, 0.2) is 5.66 Å². The van der Waals surface area contributed by atoms with Crippen LogP contribution in [-0.2, 0) is 29.1 Å². The Bertz CT molecular complexity index is 1960. The SMILES string of the molecule is C=CCN1CC(=O)N2[C@@H](Cc3ccc(O)cc3)C(=O)N(Cc3cccc(-c4cccc(C#N)c4)n3)[C@@H]3C[C@]32N1C(=O)NCc1ccccc1. The Balaban J connectivity index is 1.26. The zero-order chi connectivity index (χ0) is 34.1. The van der Waals surface area contributed by atoms with E-state index in [1.54, 1.807) is 68.4 Å². The second kappa shape index (κ2) is 12.9. The van der Waals surface area contributed by atoms with Gasteiger partial charge in [-0.3, -0.25) is 14.6 Å². The summed E-state index contributed by atoms with van der Waals surface area (Å²) in [6.45, 7) is 4.49. The average Bonchev–Trinajstić information content (AvgIpc) is 3.85. The van der Waals surface area contributed by atoms with Crippen molar-refractivity contribution in [2.75, 3.05) is 13.1 Å². The fourth-order valence-electron chi connectivity index (χ4n) is 7.16. The molecular weight excluding hydrogens is 618 g/mol. The van der Waals surface area contributed by atoms with Crippen LogP contribution < -0.4 is 5.32 Å². The van der Waals surface area contributed by atoms with Crippen molar-refractivity contribution in [2.24, 2.45) is 0 Å². The average molecular weight is 654 g/mol. The Kier molecular flexibility index (Phi) is 8.32. The number of aromatic hydroxyl groups is 1. The number of nitrogens with one attached hydrogen (secondary N) is 1. The van der Waals surface area contributed by atoms with Crippen molar-refractivity contribution in [2.45, 2.75) is 43.7 Å². The van der Waals surface area contributed by atoms with Crippen molar-refractivity contribution in [1.29, 1.82) is 5.26 Å². The van der Waals surface area contributed by atoms with E-state index in [9.17, 15) is 24.8 Å². The van der Waals surface area contributed by atoms with Crippen LogP contribution in [0.4, 0.5) is 4.79 Å². The summed E-state index contributed by atoms with van der Waals surface area (Å²) < 4.78 is 0. The minimum absolute atomic E-state index is 0.0933. The number of benzene rings is 3. The number of phenolic OH excluding ortho intramolecular Hbond substituents is 1. The molecule has 1 aromatic heterocycles. The summed E-state index contributed by atoms with van der Waals surface area (Å²) in [7, 11) is 0. The van der Waals surface area contributed by atoms with Crippen LogP contribution in [0.5, 0.6) is 5.75 Å². The van der Waals surface area contributed by atoms with Gasteiger partial charge in [-0.2, -0.15) is 5.26 Å². The first-order valence-electron chi connectivity index (χ1n) is 16.2. The van der Waals surface area contributed by atoms with E-state index in [4.69, 9.17) is 4.98 Å². The van der Waals surface area contributed by atoms with E-state index in [0.29, 0.717) is 23.4 Å². The quantitative estimate of drug-likeness (QED) is 0.259. The number of urea groups is 1. The Morgan fingerprint density at radius 2 is 1.80 bits per heavy atom. The standard InChI is InChI=1S/C38H35N7O4/c1-2-18-42-25-35(47)44-33(20-26-14-16-31(46)17-15-26)36(48)43(24-30-12-7-13-32(41-30)29-11-6-10-28(19-29)22-39)34-21-38(34,44)45(42)37(49)40-23-27-8-4-3-5-9-27/h2-17,19,33-34,46H,1,18,20-21,23-25H2,(H,40,49)/t33-,34+,38-/m0/s1. The van der Waals surface area contributed by atoms with Gasteiger partial charge in [-0.15, -0.1) is 6.58 Å². The molecule has 4 aromatic rings. The van der Waals surface area contributed by atoms with Crippen molar-refractivity contribution in [1.82, 2.24) is 30.1 Å². The van der Waals surface area contributed by atoms with Gasteiger partial charge in [0.2, 0.25) is 11.8 Å². The first kappa shape index (κ1) is 31.6. The van der Waals surface area contributed by atoms with Crippen molar-refractivity contribution in [3.63, 3.8) is 0 Å². The Morgan fingerprint density at radius 3 is 2.55 bits per heavy atom. The number of amides is 4. The summed E-state index contributed by atoms with van der Waals surface area (Å²) >= 11 is 0. The number of carbonyl (C=O) groups excluding carboxylic acids is 3. The number of phenols is 1. The lowest BCUT2D eigenvalue weighted by atomic mass is 9.98. The van der Waals surface area contributed by atoms with Gasteiger partial charge in [-0.1, -0.05) is 66.7 Å². The lowest BCUT2D eigenvalue weighted by molar-refractivity contribution is -0.194. The van der Waals surface area contributed by atoms with Gasteiger partial charge in [0, 0.05) is 31.5 Å². The summed E-state index contributed by atoms with van der Waals surface area (Å²) in [4.78, 5) is 51.0. The molecule has 2 aliphatic heterocycles. The number of nitriles is 1. The predicted octanol–water partition coefficient (Wildman–Crippen LogP) is 4.20. The second-order valence-corrected chi connectivity index (χ2v) is 12.5. The Hall–Kier alpha value is -5.99. The summed E-state index contributed by atoms with van der Waals surface area (Å²) in [5.74, 6) is -0.383. The highest BCUT2D eigenvalue weighted by Gasteiger charge is 2.75. The maximum Gasteiger partial charge on any atom is 0.334 e. The first-order chi connectivity index (χ1) is 23.8. The highest BCUT2D eigenvalue weighted by molar-refractivity contribution is 5.94. The molecule has 1 spiro atoms. The molecule has 2 N–H and O–H groups in total. The number of hydrogen-bond acceptors (Lipinski definition) is 7. The molecular formula is C38H35N7O4. The van der Waals surface area contributed by atoms with Crippen molar-refractivity contribution in [3.05, 3.63) is 132 Å². The monoisotopic (exact) mass is 653 g/mol. The van der Waals surface area contributed by atoms with Crippen LogP contribution >= 0.6 is 0 Å². The molecule has 11 nitrogen and oxygen atoms in total. The van der Waals surface area contributed by atoms with Gasteiger partial charge in [0.25, 0.3) is 0 Å². The van der Waals surface area contributed by atoms with E-state index in [-0.39, 0.29) is 56.2 Å². The highest BCUT2D eigenvalue weighted by Crippen LogP contribution is 2.55. The molecule has 1 saturated carbocycles. The second-order valence-electron chi connectivity index (χ2n) is 12.5. The summed E-state index contributed by atoms with van der Waals surface area (Å²) in [5, 5.41) is 25.7. The molecule has 0 unspecified atom stereocenters. The smallest absolute Gasteiger partial charge is 0.334 e. The van der Waals surface area contributed by atoms with Gasteiger partial charge in [0.05, 0.1) is 42.2 Å². The first-order valence-corrected chi connectivity index (χ1v) is 16.2. The number of pyridine rings is 1. The molecule has 11 heteroatoms. The topological polar surface area (TPSA) is 133 Å². The van der Waals surface area contributed by atoms with E-state index in [1.165, 1.54) is 0 Å². The van der Waals surface area contributed by atoms with E-state index in [2.05, 4.69) is 18.0 Å². The van der Waals surface area contributed by atoms with Crippen LogP contribution in [0.15, 0.2) is 110 Å². The zero-order valence-electron chi connectivity index (χ0n) is 26.8. The van der Waals surface area contributed by atoms with Gasteiger partial charge in [0.1, 0.15) is 11.8 Å². The van der Waals surface area contributed by atoms with E-state index in [1.807, 2.05) is 54.6 Å². The number of rotatable bonds is 9. The van der Waals surface area contributed by atoms with Crippen molar-refractivity contribution >= 4 is 17.8 Å². The van der Waals surface area contributed by atoms with Crippen LogP contribution in [-0.4, -0.2) is 78.6 Å². The molecule has 4 amide bonds. The van der Waals surface area contributed by atoms with Gasteiger partial charge < -0.3 is 20.2 Å². The Labute approximate surface area is 284 Å². The number of aromatic nitrogens is 1. The van der Waals surface area contributed by atoms with E-state index in [0.717, 1.165) is 16.7 Å². The lowest BCUT2D eigenvalue weighted by Crippen LogP contribution is -2.77. The fourth-order valence-corrected chi connectivity index (χ4v) is 7.16. The molecule has 3 aliphatic rings. The van der Waals surface area contributed by atoms with Crippen molar-refractivity contribution in [3.8, 4) is 23.1 Å². The minimum Gasteiger partial charge on any atom is -0.508 e. The van der Waals surface area contributed by atoms with Crippen LogP contribution in [0.1, 0.15) is 28.8 Å². The predicted molar refractivity (Wildman–Crippen MR) is 181 cm³/mol. The molecule has 3 heterocycles. The summed E-state index contributed by atoms with van der Waals surface area (Å²) in [6, 6.07) is 29.3. The number of carbonyl (C=O) groups is 3. The van der Waals surface area contributed by atoms with Gasteiger partial charge in [-0.25, -0.2) is 14.8 Å². The summed E-state index contributed by atoms with van der Waals surface area (Å²) in [5.41, 5.74) is 3.18. The lowest BCUT2D eigenvalue weighted by Gasteiger charge is -2.55. The number of piperazine rings is 1. The molecule has 0 bridgehead atoms. The third-order valence-electron chi connectivity index (χ3n) is 9.39. The normalized spacial score (nSPS) is 21.4. The number of hydrogen-bond donors (Lipinski definition) is 2. The van der Waals surface area contributed by atoms with E-state index >= 15 is 0 Å². The third-order valence-corrected chi connectivity index (χ3v) is 9.39. The van der Waals surface area contributed by atoms with Gasteiger partial charge in [-0.05, 0) is 47.5 Å². The van der Waals surface area contributed by atoms with Crippen molar-refractivity contribution < 1.29 is 19.5 Å². The molecule has 3 fully saturated rings. The summed E-state index contributed by atoms with van der Waals surface area (Å²) in [6.07, 6.45) is 2.23.